The summed E-state index contributed by atoms with van der Waals surface area (Å²) in [6.45, 7) is 1.98. The number of nitrogens with zero attached hydrogens (tertiary/aromatic N) is 1. The molecule has 3 rings (SSSR count). The van der Waals surface area contributed by atoms with Gasteiger partial charge in [0, 0.05) is 26.8 Å². The van der Waals surface area contributed by atoms with Crippen molar-refractivity contribution in [3.8, 4) is 5.75 Å². The highest BCUT2D eigenvalue weighted by molar-refractivity contribution is 5.85. The number of hydrogen-bond acceptors (Lipinski definition) is 3. The Labute approximate surface area is 155 Å². The summed E-state index contributed by atoms with van der Waals surface area (Å²) in [7, 11) is 3.36. The fraction of sp³-hybridized carbons (Fsp3) is 0.409. The van der Waals surface area contributed by atoms with E-state index in [2.05, 4.69) is 18.2 Å². The van der Waals surface area contributed by atoms with Crippen LogP contribution in [0.2, 0.25) is 0 Å². The normalized spacial score (nSPS) is 15.5. The minimum Gasteiger partial charge on any atom is -0.497 e. The van der Waals surface area contributed by atoms with E-state index < -0.39 is 0 Å². The van der Waals surface area contributed by atoms with Gasteiger partial charge in [-0.05, 0) is 48.1 Å². The second kappa shape index (κ2) is 8.86. The predicted molar refractivity (Wildman–Crippen MR) is 102 cm³/mol. The smallest absolute Gasteiger partial charge is 0.230 e. The van der Waals surface area contributed by atoms with Crippen LogP contribution in [-0.2, 0) is 22.5 Å². The molecular weight excluding hydrogens is 326 g/mol. The first-order valence-corrected chi connectivity index (χ1v) is 9.21. The second-order valence-electron chi connectivity index (χ2n) is 6.74. The highest BCUT2D eigenvalue weighted by atomic mass is 16.5. The first kappa shape index (κ1) is 18.5. The van der Waals surface area contributed by atoms with Crippen molar-refractivity contribution in [1.29, 1.82) is 0 Å². The first-order chi connectivity index (χ1) is 12.7. The van der Waals surface area contributed by atoms with Gasteiger partial charge in [-0.15, -0.1) is 0 Å². The summed E-state index contributed by atoms with van der Waals surface area (Å²) >= 11 is 0. The molecule has 0 radical (unpaired) electrons. The van der Waals surface area contributed by atoms with Crippen molar-refractivity contribution in [1.82, 2.24) is 4.90 Å². The van der Waals surface area contributed by atoms with Crippen LogP contribution in [0.3, 0.4) is 0 Å². The number of fused-ring (bicyclic) bond motifs is 1. The molecule has 0 N–H and O–H groups in total. The molecular formula is C22H27NO3. The number of hydrogen-bond donors (Lipinski definition) is 0. The minimum atomic E-state index is -0.0213. The van der Waals surface area contributed by atoms with Crippen LogP contribution in [0.15, 0.2) is 48.5 Å². The maximum atomic E-state index is 13.3. The van der Waals surface area contributed by atoms with Crippen molar-refractivity contribution in [3.05, 3.63) is 65.2 Å². The Kier molecular flexibility index (Phi) is 6.29. The van der Waals surface area contributed by atoms with Crippen LogP contribution in [0.4, 0.5) is 0 Å². The quantitative estimate of drug-likeness (QED) is 0.678. The van der Waals surface area contributed by atoms with Crippen LogP contribution in [0, 0.1) is 0 Å². The monoisotopic (exact) mass is 353 g/mol. The Morgan fingerprint density at radius 3 is 2.62 bits per heavy atom. The van der Waals surface area contributed by atoms with Gasteiger partial charge in [0.15, 0.2) is 0 Å². The molecule has 2 aromatic carbocycles. The van der Waals surface area contributed by atoms with E-state index in [-0.39, 0.29) is 11.8 Å². The molecule has 138 valence electrons. The number of rotatable bonds is 8. The molecule has 1 atom stereocenters. The summed E-state index contributed by atoms with van der Waals surface area (Å²) in [5.74, 6) is 1.03. The van der Waals surface area contributed by atoms with Crippen molar-refractivity contribution in [3.63, 3.8) is 0 Å². The maximum Gasteiger partial charge on any atom is 0.230 e. The number of ether oxygens (including phenoxy) is 2. The lowest BCUT2D eigenvalue weighted by atomic mass is 9.99. The van der Waals surface area contributed by atoms with E-state index >= 15 is 0 Å². The molecule has 2 aromatic rings. The number of carbonyl (C=O) groups is 1. The Morgan fingerprint density at radius 1 is 1.12 bits per heavy atom. The molecule has 0 heterocycles. The van der Waals surface area contributed by atoms with Crippen LogP contribution in [-0.4, -0.2) is 38.2 Å². The van der Waals surface area contributed by atoms with Crippen LogP contribution in [0.5, 0.6) is 5.75 Å². The molecule has 0 saturated heterocycles. The minimum absolute atomic E-state index is 0.0213. The van der Waals surface area contributed by atoms with E-state index in [9.17, 15) is 4.79 Å². The summed E-state index contributed by atoms with van der Waals surface area (Å²) in [4.78, 5) is 15.3. The van der Waals surface area contributed by atoms with E-state index in [0.717, 1.165) is 30.6 Å². The average molecular weight is 353 g/mol. The van der Waals surface area contributed by atoms with Gasteiger partial charge < -0.3 is 14.4 Å². The lowest BCUT2D eigenvalue weighted by Crippen LogP contribution is -2.35. The molecule has 0 aliphatic heterocycles. The van der Waals surface area contributed by atoms with Crippen LogP contribution >= 0.6 is 0 Å². The van der Waals surface area contributed by atoms with E-state index in [1.54, 1.807) is 14.2 Å². The standard InChI is InChI=1S/C22H27NO3/c1-25-15-5-14-23(16-17-8-11-19(26-2)12-9-17)22(24)21-13-10-18-6-3-4-7-20(18)21/h3-4,6-9,11-12,21H,5,10,13-16H2,1-2H3. The summed E-state index contributed by atoms with van der Waals surface area (Å²) < 4.78 is 10.4. The van der Waals surface area contributed by atoms with Gasteiger partial charge in [0.05, 0.1) is 13.0 Å². The molecule has 0 aromatic heterocycles. The molecule has 1 aliphatic rings. The van der Waals surface area contributed by atoms with Crippen molar-refractivity contribution in [2.24, 2.45) is 0 Å². The zero-order chi connectivity index (χ0) is 18.4. The molecule has 1 unspecified atom stereocenters. The van der Waals surface area contributed by atoms with Crippen LogP contribution in [0.1, 0.15) is 35.4 Å². The molecule has 4 nitrogen and oxygen atoms in total. The van der Waals surface area contributed by atoms with Gasteiger partial charge in [0.1, 0.15) is 5.75 Å². The van der Waals surface area contributed by atoms with Gasteiger partial charge >= 0.3 is 0 Å². The Bertz CT molecular complexity index is 726. The number of benzene rings is 2. The molecule has 0 fully saturated rings. The fourth-order valence-electron chi connectivity index (χ4n) is 3.65. The summed E-state index contributed by atoms with van der Waals surface area (Å²) in [5.41, 5.74) is 3.62. The zero-order valence-corrected chi connectivity index (χ0v) is 15.6. The topological polar surface area (TPSA) is 38.8 Å². The number of amides is 1. The number of methoxy groups -OCH3 is 2. The number of aryl methyl sites for hydroxylation is 1. The average Bonchev–Trinajstić information content (AvgIpc) is 3.11. The molecule has 0 bridgehead atoms. The predicted octanol–water partition coefficient (Wildman–Crippen LogP) is 3.79. The second-order valence-corrected chi connectivity index (χ2v) is 6.74. The van der Waals surface area contributed by atoms with Gasteiger partial charge in [-0.25, -0.2) is 0 Å². The summed E-state index contributed by atoms with van der Waals surface area (Å²) in [6.07, 6.45) is 2.73. The van der Waals surface area contributed by atoms with E-state index in [1.165, 1.54) is 11.1 Å². The fourth-order valence-corrected chi connectivity index (χ4v) is 3.65. The van der Waals surface area contributed by atoms with Crippen molar-refractivity contribution in [2.75, 3.05) is 27.4 Å². The zero-order valence-electron chi connectivity index (χ0n) is 15.6. The van der Waals surface area contributed by atoms with Crippen molar-refractivity contribution in [2.45, 2.75) is 31.7 Å². The van der Waals surface area contributed by atoms with Gasteiger partial charge in [0.25, 0.3) is 0 Å². The van der Waals surface area contributed by atoms with Gasteiger partial charge in [-0.1, -0.05) is 36.4 Å². The molecule has 1 amide bonds. The van der Waals surface area contributed by atoms with Crippen LogP contribution in [0.25, 0.3) is 0 Å². The molecule has 1 aliphatic carbocycles. The van der Waals surface area contributed by atoms with E-state index in [1.807, 2.05) is 35.2 Å². The van der Waals surface area contributed by atoms with Gasteiger partial charge in [-0.2, -0.15) is 0 Å². The Morgan fingerprint density at radius 2 is 1.88 bits per heavy atom. The first-order valence-electron chi connectivity index (χ1n) is 9.21. The lowest BCUT2D eigenvalue weighted by molar-refractivity contribution is -0.133. The third kappa shape index (κ3) is 4.25. The Balaban J connectivity index is 1.75. The SMILES string of the molecule is COCCCN(Cc1ccc(OC)cc1)C(=O)C1CCc2ccccc21. The Hall–Kier alpha value is -2.33. The maximum absolute atomic E-state index is 13.3. The molecule has 0 spiro atoms. The van der Waals surface area contributed by atoms with E-state index in [0.29, 0.717) is 19.7 Å². The summed E-state index contributed by atoms with van der Waals surface area (Å²) in [6, 6.07) is 16.3. The van der Waals surface area contributed by atoms with E-state index in [4.69, 9.17) is 9.47 Å². The highest BCUT2D eigenvalue weighted by Gasteiger charge is 2.31. The summed E-state index contributed by atoms with van der Waals surface area (Å²) in [5, 5.41) is 0. The number of carbonyl (C=O) groups excluding carboxylic acids is 1. The van der Waals surface area contributed by atoms with Crippen molar-refractivity contribution < 1.29 is 14.3 Å². The molecule has 4 heteroatoms. The van der Waals surface area contributed by atoms with Gasteiger partial charge in [0.2, 0.25) is 5.91 Å². The largest absolute Gasteiger partial charge is 0.497 e. The van der Waals surface area contributed by atoms with Gasteiger partial charge in [-0.3, -0.25) is 4.79 Å². The lowest BCUT2D eigenvalue weighted by Gasteiger charge is -2.26. The van der Waals surface area contributed by atoms with Crippen LogP contribution < -0.4 is 4.74 Å². The van der Waals surface area contributed by atoms with Crippen molar-refractivity contribution >= 4 is 5.91 Å². The molecule has 0 saturated carbocycles. The third-order valence-corrected chi connectivity index (χ3v) is 5.05. The molecule has 26 heavy (non-hydrogen) atoms. The highest BCUT2D eigenvalue weighted by Crippen LogP contribution is 2.34. The third-order valence-electron chi connectivity index (χ3n) is 5.05.